The molecule has 1 aromatic rings. The highest BCUT2D eigenvalue weighted by Gasteiger charge is 2.19. The number of piperidine rings is 1. The van der Waals surface area contributed by atoms with E-state index in [9.17, 15) is 14.4 Å². The summed E-state index contributed by atoms with van der Waals surface area (Å²) in [5, 5.41) is 9.45. The van der Waals surface area contributed by atoms with Gasteiger partial charge in [-0.25, -0.2) is 9.74 Å². The Kier molecular flexibility index (Phi) is 3.81. The Morgan fingerprint density at radius 2 is 2.11 bits per heavy atom. The second-order valence-corrected chi connectivity index (χ2v) is 4.58. The summed E-state index contributed by atoms with van der Waals surface area (Å²) in [6, 6.07) is 5.18. The SMILES string of the molecule is Cc1cc(N2CCC(O)CC2)ccc1C(=O)OF. The van der Waals surface area contributed by atoms with Crippen LogP contribution in [0, 0.1) is 6.92 Å². The molecule has 0 atom stereocenters. The number of hydrogen-bond donors (Lipinski definition) is 1. The molecule has 1 aliphatic heterocycles. The minimum Gasteiger partial charge on any atom is -0.393 e. The predicted octanol–water partition coefficient (Wildman–Crippen LogP) is 2.00. The van der Waals surface area contributed by atoms with Crippen LogP contribution in [0.2, 0.25) is 0 Å². The van der Waals surface area contributed by atoms with Crippen molar-refractivity contribution in [2.75, 3.05) is 18.0 Å². The van der Waals surface area contributed by atoms with Crippen LogP contribution < -0.4 is 4.90 Å². The normalized spacial score (nSPS) is 16.7. The van der Waals surface area contributed by atoms with Crippen molar-refractivity contribution in [2.45, 2.75) is 25.9 Å². The van der Waals surface area contributed by atoms with Gasteiger partial charge in [0.05, 0.1) is 11.7 Å². The molecule has 0 aliphatic carbocycles. The van der Waals surface area contributed by atoms with Crippen molar-refractivity contribution in [3.8, 4) is 0 Å². The number of carbonyl (C=O) groups excluding carboxylic acids is 1. The Labute approximate surface area is 105 Å². The molecule has 98 valence electrons. The number of hydrogen-bond acceptors (Lipinski definition) is 4. The third-order valence-electron chi connectivity index (χ3n) is 3.33. The number of carbonyl (C=O) groups is 1. The van der Waals surface area contributed by atoms with Gasteiger partial charge in [0.15, 0.2) is 0 Å². The molecule has 4 nitrogen and oxygen atoms in total. The molecule has 1 saturated heterocycles. The van der Waals surface area contributed by atoms with E-state index < -0.39 is 5.97 Å². The van der Waals surface area contributed by atoms with Gasteiger partial charge in [-0.05, 0) is 43.5 Å². The molecule has 1 fully saturated rings. The van der Waals surface area contributed by atoms with Crippen LogP contribution in [0.25, 0.3) is 0 Å². The van der Waals surface area contributed by atoms with E-state index in [1.54, 1.807) is 19.1 Å². The summed E-state index contributed by atoms with van der Waals surface area (Å²) in [5.41, 5.74) is 1.90. The number of rotatable bonds is 2. The molecule has 0 radical (unpaired) electrons. The summed E-state index contributed by atoms with van der Waals surface area (Å²) >= 11 is 0. The lowest BCUT2D eigenvalue weighted by atomic mass is 10.0. The zero-order valence-electron chi connectivity index (χ0n) is 10.2. The van der Waals surface area contributed by atoms with Crippen molar-refractivity contribution in [3.63, 3.8) is 0 Å². The number of nitrogens with zero attached hydrogens (tertiary/aromatic N) is 1. The molecule has 5 heteroatoms. The van der Waals surface area contributed by atoms with Crippen molar-refractivity contribution in [1.29, 1.82) is 0 Å². The summed E-state index contributed by atoms with van der Waals surface area (Å²) in [5.74, 6) is -0.965. The quantitative estimate of drug-likeness (QED) is 0.875. The van der Waals surface area contributed by atoms with Gasteiger partial charge in [-0.3, -0.25) is 0 Å². The molecule has 0 amide bonds. The topological polar surface area (TPSA) is 49.8 Å². The van der Waals surface area contributed by atoms with Gasteiger partial charge in [0.1, 0.15) is 0 Å². The Morgan fingerprint density at radius 1 is 1.44 bits per heavy atom. The van der Waals surface area contributed by atoms with Crippen LogP contribution in [0.3, 0.4) is 0 Å². The fraction of sp³-hybridized carbons (Fsp3) is 0.462. The molecule has 0 aromatic heterocycles. The maximum absolute atomic E-state index is 11.9. The number of aliphatic hydroxyl groups excluding tert-OH is 1. The minimum atomic E-state index is -0.965. The molecular formula is C13H16FNO3. The minimum absolute atomic E-state index is 0.219. The molecular weight excluding hydrogens is 237 g/mol. The molecule has 1 aromatic carbocycles. The lowest BCUT2D eigenvalue weighted by molar-refractivity contribution is -0.0788. The second kappa shape index (κ2) is 5.35. The lowest BCUT2D eigenvalue weighted by Crippen LogP contribution is -2.35. The molecule has 0 spiro atoms. The van der Waals surface area contributed by atoms with E-state index in [4.69, 9.17) is 0 Å². The molecule has 1 N–H and O–H groups in total. The molecule has 2 rings (SSSR count). The number of aryl methyl sites for hydroxylation is 1. The fourth-order valence-electron chi connectivity index (χ4n) is 2.24. The van der Waals surface area contributed by atoms with Gasteiger partial charge < -0.3 is 10.0 Å². The summed E-state index contributed by atoms with van der Waals surface area (Å²) < 4.78 is 11.9. The van der Waals surface area contributed by atoms with Gasteiger partial charge in [-0.15, -0.1) is 0 Å². The highest BCUT2D eigenvalue weighted by Crippen LogP contribution is 2.23. The summed E-state index contributed by atoms with van der Waals surface area (Å²) in [6.07, 6.45) is 1.27. The van der Waals surface area contributed by atoms with Crippen LogP contribution in [-0.4, -0.2) is 30.3 Å². The number of anilines is 1. The Hall–Kier alpha value is -1.62. The summed E-state index contributed by atoms with van der Waals surface area (Å²) in [6.45, 7) is 3.32. The summed E-state index contributed by atoms with van der Waals surface area (Å²) in [7, 11) is 0. The highest BCUT2D eigenvalue weighted by atomic mass is 19.3. The molecule has 1 aliphatic rings. The Morgan fingerprint density at radius 3 is 2.67 bits per heavy atom. The van der Waals surface area contributed by atoms with Gasteiger partial charge in [-0.1, -0.05) is 0 Å². The van der Waals surface area contributed by atoms with Crippen molar-refractivity contribution < 1.29 is 19.4 Å². The van der Waals surface area contributed by atoms with E-state index in [-0.39, 0.29) is 11.7 Å². The zero-order valence-corrected chi connectivity index (χ0v) is 10.2. The van der Waals surface area contributed by atoms with Gasteiger partial charge >= 0.3 is 5.97 Å². The maximum Gasteiger partial charge on any atom is 0.379 e. The highest BCUT2D eigenvalue weighted by molar-refractivity contribution is 5.91. The summed E-state index contributed by atoms with van der Waals surface area (Å²) in [4.78, 5) is 16.5. The lowest BCUT2D eigenvalue weighted by Gasteiger charge is -2.31. The van der Waals surface area contributed by atoms with E-state index in [0.717, 1.165) is 31.6 Å². The Balaban J connectivity index is 2.16. The molecule has 1 heterocycles. The van der Waals surface area contributed by atoms with Crippen molar-refractivity contribution in [1.82, 2.24) is 0 Å². The predicted molar refractivity (Wildman–Crippen MR) is 65.2 cm³/mol. The van der Waals surface area contributed by atoms with Gasteiger partial charge in [0.2, 0.25) is 0 Å². The van der Waals surface area contributed by atoms with Crippen LogP contribution in [0.4, 0.5) is 10.2 Å². The van der Waals surface area contributed by atoms with E-state index in [2.05, 4.69) is 9.84 Å². The smallest absolute Gasteiger partial charge is 0.379 e. The first-order chi connectivity index (χ1) is 8.61. The number of aliphatic hydroxyl groups is 1. The third-order valence-corrected chi connectivity index (χ3v) is 3.33. The average Bonchev–Trinajstić information content (AvgIpc) is 2.38. The third kappa shape index (κ3) is 2.61. The van der Waals surface area contributed by atoms with E-state index >= 15 is 0 Å². The van der Waals surface area contributed by atoms with E-state index in [0.29, 0.717) is 5.56 Å². The van der Waals surface area contributed by atoms with Crippen LogP contribution >= 0.6 is 0 Å². The van der Waals surface area contributed by atoms with Gasteiger partial charge in [0.25, 0.3) is 0 Å². The molecule has 0 unspecified atom stereocenters. The van der Waals surface area contributed by atoms with Gasteiger partial charge in [-0.2, -0.15) is 0 Å². The van der Waals surface area contributed by atoms with Gasteiger partial charge in [0, 0.05) is 23.3 Å². The second-order valence-electron chi connectivity index (χ2n) is 4.58. The van der Waals surface area contributed by atoms with Crippen LogP contribution in [-0.2, 0) is 4.94 Å². The first kappa shape index (κ1) is 12.8. The Bertz CT molecular complexity index is 442. The maximum atomic E-state index is 11.9. The van der Waals surface area contributed by atoms with Crippen molar-refractivity contribution in [3.05, 3.63) is 29.3 Å². The molecule has 0 saturated carbocycles. The molecule has 18 heavy (non-hydrogen) atoms. The standard InChI is InChI=1S/C13H16FNO3/c1-9-8-10(2-3-12(9)13(17)18-14)15-6-4-11(16)5-7-15/h2-3,8,11,16H,4-7H2,1H3. The van der Waals surface area contributed by atoms with Crippen LogP contribution in [0.15, 0.2) is 18.2 Å². The average molecular weight is 253 g/mol. The van der Waals surface area contributed by atoms with Crippen molar-refractivity contribution in [2.24, 2.45) is 0 Å². The van der Waals surface area contributed by atoms with E-state index in [1.807, 2.05) is 6.07 Å². The largest absolute Gasteiger partial charge is 0.393 e. The number of halogens is 1. The number of benzene rings is 1. The van der Waals surface area contributed by atoms with E-state index in [1.165, 1.54) is 0 Å². The monoisotopic (exact) mass is 253 g/mol. The first-order valence-corrected chi connectivity index (χ1v) is 5.98. The molecule has 0 bridgehead atoms. The fourth-order valence-corrected chi connectivity index (χ4v) is 2.24. The zero-order chi connectivity index (χ0) is 13.1. The van der Waals surface area contributed by atoms with Crippen LogP contribution in [0.1, 0.15) is 28.8 Å². The first-order valence-electron chi connectivity index (χ1n) is 5.98. The van der Waals surface area contributed by atoms with Crippen molar-refractivity contribution >= 4 is 11.7 Å². The van der Waals surface area contributed by atoms with Crippen LogP contribution in [0.5, 0.6) is 0 Å².